The van der Waals surface area contributed by atoms with Crippen LogP contribution in [0.2, 0.25) is 0 Å². The molecule has 0 rings (SSSR count). The predicted octanol–water partition coefficient (Wildman–Crippen LogP) is -8.17. The Labute approximate surface area is 267 Å². The SMILES string of the molecule is OCCN(CCO)CCO.OCCN(CCO)CCO.OCCN(CCO)CCO.OCCN(CCO)CCO.[O]=[Ti]([OH])[OH]. The number of rotatable bonds is 24. The van der Waals surface area contributed by atoms with Gasteiger partial charge in [-0.25, -0.2) is 0 Å². The van der Waals surface area contributed by atoms with Crippen molar-refractivity contribution >= 4 is 0 Å². The Balaban J connectivity index is -0.000000147. The molecule has 0 aliphatic carbocycles. The van der Waals surface area contributed by atoms with E-state index in [1.165, 1.54) is 0 Å². The molecule has 0 amide bonds. The van der Waals surface area contributed by atoms with Gasteiger partial charge < -0.3 is 61.3 Å². The molecule has 0 aromatic heterocycles. The number of nitrogens with zero attached hydrogens (tertiary/aromatic N) is 4. The van der Waals surface area contributed by atoms with Crippen LogP contribution in [-0.4, -0.2) is 246 Å². The van der Waals surface area contributed by atoms with Crippen molar-refractivity contribution in [2.75, 3.05) is 158 Å². The van der Waals surface area contributed by atoms with Crippen LogP contribution >= 0.6 is 0 Å². The quantitative estimate of drug-likeness (QED) is 0.0417. The minimum absolute atomic E-state index is 0.0694. The van der Waals surface area contributed by atoms with Gasteiger partial charge in [0, 0.05) is 78.5 Å². The van der Waals surface area contributed by atoms with Gasteiger partial charge >= 0.3 is 29.3 Å². The molecule has 0 heterocycles. The molecular weight excluding hydrogens is 632 g/mol. The summed E-state index contributed by atoms with van der Waals surface area (Å²) in [6.07, 6.45) is 0. The molecule has 0 unspecified atom stereocenters. The Morgan fingerprint density at radius 2 is 0.341 bits per heavy atom. The Bertz CT molecular complexity index is 379. The third kappa shape index (κ3) is 54.3. The van der Waals surface area contributed by atoms with Crippen LogP contribution in [0.25, 0.3) is 0 Å². The van der Waals surface area contributed by atoms with Crippen LogP contribution in [0.3, 0.4) is 0 Å². The van der Waals surface area contributed by atoms with Gasteiger partial charge in [0.2, 0.25) is 0 Å². The Kier molecular flexibility index (Phi) is 60.2. The van der Waals surface area contributed by atoms with Gasteiger partial charge in [-0.15, -0.1) is 0 Å². The fourth-order valence-corrected chi connectivity index (χ4v) is 3.04. The summed E-state index contributed by atoms with van der Waals surface area (Å²) >= 11 is -3.58. The van der Waals surface area contributed by atoms with E-state index >= 15 is 0 Å². The molecule has 14 N–H and O–H groups in total. The van der Waals surface area contributed by atoms with E-state index < -0.39 is 18.6 Å². The van der Waals surface area contributed by atoms with Crippen LogP contribution in [0.15, 0.2) is 0 Å². The Morgan fingerprint density at radius 3 is 0.386 bits per heavy atom. The average Bonchev–Trinajstić information content (AvgIpc) is 2.96. The third-order valence-electron chi connectivity index (χ3n) is 4.99. The molecule has 272 valence electrons. The zero-order chi connectivity index (χ0) is 34.9. The van der Waals surface area contributed by atoms with Gasteiger partial charge in [-0.3, -0.25) is 19.6 Å². The molecule has 0 saturated carbocycles. The molecule has 0 radical (unpaired) electrons. The third-order valence-corrected chi connectivity index (χ3v) is 4.99. The maximum absolute atomic E-state index is 8.81. The van der Waals surface area contributed by atoms with Crippen molar-refractivity contribution in [3.8, 4) is 0 Å². The summed E-state index contributed by atoms with van der Waals surface area (Å²) in [5.74, 6) is 0. The molecule has 0 spiro atoms. The normalized spacial score (nSPS) is 10.4. The maximum atomic E-state index is 8.81. The first-order valence-corrected chi connectivity index (χ1v) is 16.3. The molecule has 0 aliphatic heterocycles. The summed E-state index contributed by atoms with van der Waals surface area (Å²) in [5.41, 5.74) is 0. The van der Waals surface area contributed by atoms with Crippen molar-refractivity contribution in [1.82, 2.24) is 19.6 Å². The predicted molar refractivity (Wildman–Crippen MR) is 156 cm³/mol. The van der Waals surface area contributed by atoms with Gasteiger partial charge in [0.05, 0.1) is 79.3 Å². The van der Waals surface area contributed by atoms with Gasteiger partial charge in [-0.2, -0.15) is 0 Å². The number of hydrogen-bond acceptors (Lipinski definition) is 17. The first kappa shape index (κ1) is 53.3. The van der Waals surface area contributed by atoms with Crippen molar-refractivity contribution in [1.29, 1.82) is 0 Å². The summed E-state index contributed by atoms with van der Waals surface area (Å²) in [5, 5.41) is 102. The monoisotopic (exact) mass is 694 g/mol. The van der Waals surface area contributed by atoms with Crippen LogP contribution < -0.4 is 0 Å². The minimum atomic E-state index is -3.58. The summed E-state index contributed by atoms with van der Waals surface area (Å²) < 4.78 is 23.2. The summed E-state index contributed by atoms with van der Waals surface area (Å²) in [6.45, 7) is 7.01. The first-order chi connectivity index (χ1) is 21.1. The van der Waals surface area contributed by atoms with Crippen molar-refractivity contribution < 1.29 is 90.6 Å². The second-order valence-corrected chi connectivity index (χ2v) is 9.21. The molecule has 0 aliphatic rings. The average molecular weight is 695 g/mol. The summed E-state index contributed by atoms with van der Waals surface area (Å²) in [6, 6.07) is 0. The molecular formula is C24H62N4O15Ti. The van der Waals surface area contributed by atoms with Crippen molar-refractivity contribution in [2.45, 2.75) is 0 Å². The van der Waals surface area contributed by atoms with Gasteiger partial charge in [-0.1, -0.05) is 0 Å². The van der Waals surface area contributed by atoms with Gasteiger partial charge in [0.15, 0.2) is 0 Å². The van der Waals surface area contributed by atoms with Crippen LogP contribution in [0.5, 0.6) is 0 Å². The van der Waals surface area contributed by atoms with E-state index in [-0.39, 0.29) is 79.3 Å². The van der Waals surface area contributed by atoms with Gasteiger partial charge in [0.1, 0.15) is 0 Å². The van der Waals surface area contributed by atoms with Crippen molar-refractivity contribution in [2.24, 2.45) is 0 Å². The number of aliphatic hydroxyl groups is 12. The number of hydrogen-bond donors (Lipinski definition) is 14. The van der Waals surface area contributed by atoms with E-state index in [1.54, 1.807) is 19.6 Å². The molecule has 44 heavy (non-hydrogen) atoms. The van der Waals surface area contributed by atoms with Crippen LogP contribution in [0.4, 0.5) is 0 Å². The topological polar surface area (TPSA) is 313 Å². The van der Waals surface area contributed by atoms with E-state index in [0.29, 0.717) is 78.5 Å². The molecule has 0 saturated heterocycles. The van der Waals surface area contributed by atoms with E-state index in [2.05, 4.69) is 0 Å². The zero-order valence-corrected chi connectivity index (χ0v) is 27.5. The summed E-state index contributed by atoms with van der Waals surface area (Å²) in [7, 11) is 0. The van der Waals surface area contributed by atoms with Crippen LogP contribution in [-0.2, 0) is 21.9 Å². The van der Waals surface area contributed by atoms with E-state index in [9.17, 15) is 0 Å². The molecule has 0 aromatic rings. The molecule has 0 atom stereocenters. The Morgan fingerprint density at radius 1 is 0.273 bits per heavy atom. The zero-order valence-electron chi connectivity index (χ0n) is 25.9. The van der Waals surface area contributed by atoms with E-state index in [1.807, 2.05) is 0 Å². The van der Waals surface area contributed by atoms with Gasteiger partial charge in [-0.05, 0) is 0 Å². The molecule has 0 fully saturated rings. The second-order valence-electron chi connectivity index (χ2n) is 8.33. The van der Waals surface area contributed by atoms with Crippen molar-refractivity contribution in [3.63, 3.8) is 0 Å². The molecule has 0 bridgehead atoms. The number of aliphatic hydroxyl groups excluding tert-OH is 12. The van der Waals surface area contributed by atoms with Crippen molar-refractivity contribution in [3.05, 3.63) is 0 Å². The second kappa shape index (κ2) is 49.7. The van der Waals surface area contributed by atoms with Crippen LogP contribution in [0.1, 0.15) is 0 Å². The fraction of sp³-hybridized carbons (Fsp3) is 1.00. The molecule has 0 aromatic carbocycles. The molecule has 20 heteroatoms. The standard InChI is InChI=1S/4C6H15NO3.2H2O.O.Ti/c4*8-4-1-7(2-5-9)3-6-10;;;;/h4*8-10H,1-6H2;2*1H2;;/q;;;;;;;+2/p-2. The van der Waals surface area contributed by atoms with Crippen LogP contribution in [0, 0.1) is 0 Å². The van der Waals surface area contributed by atoms with E-state index in [0.717, 1.165) is 0 Å². The van der Waals surface area contributed by atoms with E-state index in [4.69, 9.17) is 72.0 Å². The molecule has 19 nitrogen and oxygen atoms in total. The Hall–Kier alpha value is -0.206. The summed E-state index contributed by atoms with van der Waals surface area (Å²) in [4.78, 5) is 7.17. The van der Waals surface area contributed by atoms with Gasteiger partial charge in [0.25, 0.3) is 0 Å². The first-order valence-electron chi connectivity index (χ1n) is 14.2. The fourth-order valence-electron chi connectivity index (χ4n) is 3.04.